The van der Waals surface area contributed by atoms with Gasteiger partial charge in [0.2, 0.25) is 0 Å². The second-order valence-electron chi connectivity index (χ2n) is 7.37. The van der Waals surface area contributed by atoms with E-state index in [0.29, 0.717) is 29.3 Å². The molecule has 0 saturated heterocycles. The van der Waals surface area contributed by atoms with E-state index in [9.17, 15) is 5.11 Å². The molecule has 0 amide bonds. The van der Waals surface area contributed by atoms with Crippen molar-refractivity contribution < 1.29 is 5.11 Å². The fourth-order valence-electron chi connectivity index (χ4n) is 3.13. The monoisotopic (exact) mass is 403 g/mol. The van der Waals surface area contributed by atoms with E-state index in [0.717, 1.165) is 16.6 Å². The zero-order valence-electron chi connectivity index (χ0n) is 16.9. The Morgan fingerprint density at radius 2 is 2.00 bits per heavy atom. The molecule has 4 rings (SSSR count). The van der Waals surface area contributed by atoms with Gasteiger partial charge in [0.25, 0.3) is 0 Å². The SMILES string of the molecule is CC(O)Cn1cc(-c2cnc(-n3ncc4cc(C#N)cnc43)cc2NC(C)C)nn1. The number of aliphatic hydroxyl groups excluding tert-OH is 1. The molecule has 10 nitrogen and oxygen atoms in total. The summed E-state index contributed by atoms with van der Waals surface area (Å²) in [5.74, 6) is 0.588. The lowest BCUT2D eigenvalue weighted by Gasteiger charge is -2.15. The van der Waals surface area contributed by atoms with Gasteiger partial charge in [-0.15, -0.1) is 5.10 Å². The number of nitriles is 1. The van der Waals surface area contributed by atoms with E-state index in [4.69, 9.17) is 5.26 Å². The van der Waals surface area contributed by atoms with Crippen LogP contribution < -0.4 is 5.32 Å². The molecule has 0 aliphatic heterocycles. The molecule has 4 aromatic rings. The van der Waals surface area contributed by atoms with E-state index < -0.39 is 6.10 Å². The maximum absolute atomic E-state index is 9.57. The van der Waals surface area contributed by atoms with Crippen molar-refractivity contribution >= 4 is 16.7 Å². The number of hydrogen-bond donors (Lipinski definition) is 2. The highest BCUT2D eigenvalue weighted by atomic mass is 16.3. The number of hydrogen-bond acceptors (Lipinski definition) is 8. The maximum Gasteiger partial charge on any atom is 0.164 e. The third kappa shape index (κ3) is 3.83. The Labute approximate surface area is 172 Å². The standard InChI is InChI=1S/C20H21N9O/c1-12(2)25-17-5-19(29-20-15(8-24-29)4-14(6-21)7-23-20)22-9-16(17)18-11-28(27-26-18)10-13(3)30/h4-5,7-9,11-13,30H,10H2,1-3H3,(H,22,25). The first-order chi connectivity index (χ1) is 14.4. The van der Waals surface area contributed by atoms with Crippen LogP contribution in [0.5, 0.6) is 0 Å². The largest absolute Gasteiger partial charge is 0.391 e. The third-order valence-corrected chi connectivity index (χ3v) is 4.35. The van der Waals surface area contributed by atoms with Crippen molar-refractivity contribution in [1.82, 2.24) is 34.7 Å². The molecule has 0 bridgehead atoms. The van der Waals surface area contributed by atoms with E-state index in [-0.39, 0.29) is 6.04 Å². The molecular formula is C20H21N9O. The van der Waals surface area contributed by atoms with Crippen molar-refractivity contribution in [3.05, 3.63) is 42.5 Å². The molecule has 0 saturated carbocycles. The van der Waals surface area contributed by atoms with Crippen LogP contribution in [0.3, 0.4) is 0 Å². The molecule has 0 aliphatic carbocycles. The van der Waals surface area contributed by atoms with Gasteiger partial charge in [0.1, 0.15) is 11.8 Å². The normalized spacial score (nSPS) is 12.3. The van der Waals surface area contributed by atoms with Crippen molar-refractivity contribution in [3.8, 4) is 23.1 Å². The molecule has 152 valence electrons. The Kier molecular flexibility index (Phi) is 5.12. The lowest BCUT2D eigenvalue weighted by molar-refractivity contribution is 0.167. The van der Waals surface area contributed by atoms with Crippen molar-refractivity contribution in [1.29, 1.82) is 5.26 Å². The average Bonchev–Trinajstić information content (AvgIpc) is 3.33. The molecule has 0 spiro atoms. The predicted octanol–water partition coefficient (Wildman–Crippen LogP) is 2.15. The molecular weight excluding hydrogens is 382 g/mol. The lowest BCUT2D eigenvalue weighted by atomic mass is 10.1. The third-order valence-electron chi connectivity index (χ3n) is 4.35. The highest BCUT2D eigenvalue weighted by Gasteiger charge is 2.15. The van der Waals surface area contributed by atoms with E-state index >= 15 is 0 Å². The van der Waals surface area contributed by atoms with Gasteiger partial charge in [-0.25, -0.2) is 14.6 Å². The first kappa shape index (κ1) is 19.5. The Morgan fingerprint density at radius 1 is 1.17 bits per heavy atom. The zero-order valence-corrected chi connectivity index (χ0v) is 16.9. The molecule has 1 unspecified atom stereocenters. The van der Waals surface area contributed by atoms with Crippen LogP contribution in [0.15, 0.2) is 36.9 Å². The summed E-state index contributed by atoms with van der Waals surface area (Å²) < 4.78 is 3.24. The minimum atomic E-state index is -0.518. The molecule has 4 aromatic heterocycles. The minimum Gasteiger partial charge on any atom is -0.391 e. The second kappa shape index (κ2) is 7.88. The molecule has 2 N–H and O–H groups in total. The zero-order chi connectivity index (χ0) is 21.3. The van der Waals surface area contributed by atoms with Crippen LogP contribution in [-0.4, -0.2) is 52.0 Å². The van der Waals surface area contributed by atoms with Crippen molar-refractivity contribution in [2.45, 2.75) is 39.5 Å². The fourth-order valence-corrected chi connectivity index (χ4v) is 3.13. The van der Waals surface area contributed by atoms with Gasteiger partial charge in [-0.05, 0) is 26.8 Å². The summed E-state index contributed by atoms with van der Waals surface area (Å²) >= 11 is 0. The maximum atomic E-state index is 9.57. The summed E-state index contributed by atoms with van der Waals surface area (Å²) in [7, 11) is 0. The van der Waals surface area contributed by atoms with Gasteiger partial charge in [0.05, 0.1) is 30.6 Å². The fraction of sp³-hybridized carbons (Fsp3) is 0.300. The molecule has 0 aliphatic rings. The highest BCUT2D eigenvalue weighted by Crippen LogP contribution is 2.28. The lowest BCUT2D eigenvalue weighted by Crippen LogP contribution is -2.12. The Bertz CT molecular complexity index is 1230. The molecule has 0 fully saturated rings. The first-order valence-corrected chi connectivity index (χ1v) is 9.54. The van der Waals surface area contributed by atoms with Crippen LogP contribution in [0, 0.1) is 11.3 Å². The Hall–Kier alpha value is -3.84. The topological polar surface area (TPSA) is 130 Å². The molecule has 30 heavy (non-hydrogen) atoms. The van der Waals surface area contributed by atoms with Gasteiger partial charge in [-0.2, -0.15) is 15.0 Å². The number of nitrogens with zero attached hydrogens (tertiary/aromatic N) is 8. The predicted molar refractivity (Wildman–Crippen MR) is 111 cm³/mol. The van der Waals surface area contributed by atoms with Gasteiger partial charge in [0, 0.05) is 41.1 Å². The van der Waals surface area contributed by atoms with E-state index in [1.807, 2.05) is 19.9 Å². The van der Waals surface area contributed by atoms with Gasteiger partial charge in [-0.3, -0.25) is 0 Å². The van der Waals surface area contributed by atoms with E-state index in [1.54, 1.807) is 40.9 Å². The number of pyridine rings is 2. The average molecular weight is 403 g/mol. The summed E-state index contributed by atoms with van der Waals surface area (Å²) in [5, 5.41) is 35.5. The molecule has 0 radical (unpaired) electrons. The quantitative estimate of drug-likeness (QED) is 0.501. The van der Waals surface area contributed by atoms with E-state index in [1.165, 1.54) is 6.20 Å². The molecule has 10 heteroatoms. The molecule has 4 heterocycles. The van der Waals surface area contributed by atoms with E-state index in [2.05, 4.69) is 36.8 Å². The van der Waals surface area contributed by atoms with Crippen LogP contribution >= 0.6 is 0 Å². The van der Waals surface area contributed by atoms with Gasteiger partial charge in [0.15, 0.2) is 11.5 Å². The van der Waals surface area contributed by atoms with Crippen LogP contribution in [0.25, 0.3) is 28.1 Å². The molecule has 0 aromatic carbocycles. The summed E-state index contributed by atoms with van der Waals surface area (Å²) in [6.07, 6.45) is 6.16. The Balaban J connectivity index is 1.77. The smallest absolute Gasteiger partial charge is 0.164 e. The minimum absolute atomic E-state index is 0.178. The summed E-state index contributed by atoms with van der Waals surface area (Å²) in [5.41, 5.74) is 3.37. The number of aliphatic hydroxyl groups is 1. The number of fused-ring (bicyclic) bond motifs is 1. The highest BCUT2D eigenvalue weighted by molar-refractivity contribution is 5.79. The first-order valence-electron chi connectivity index (χ1n) is 9.54. The van der Waals surface area contributed by atoms with Gasteiger partial charge in [-0.1, -0.05) is 5.21 Å². The van der Waals surface area contributed by atoms with Crippen LogP contribution in [0.2, 0.25) is 0 Å². The van der Waals surface area contributed by atoms with Crippen molar-refractivity contribution in [2.75, 3.05) is 5.32 Å². The van der Waals surface area contributed by atoms with Crippen LogP contribution in [-0.2, 0) is 6.54 Å². The van der Waals surface area contributed by atoms with Crippen LogP contribution in [0.1, 0.15) is 26.3 Å². The summed E-state index contributed by atoms with van der Waals surface area (Å²) in [4.78, 5) is 8.92. The summed E-state index contributed by atoms with van der Waals surface area (Å²) in [6, 6.07) is 5.89. The number of anilines is 1. The summed E-state index contributed by atoms with van der Waals surface area (Å²) in [6.45, 7) is 6.15. The van der Waals surface area contributed by atoms with Gasteiger partial charge < -0.3 is 10.4 Å². The second-order valence-corrected chi connectivity index (χ2v) is 7.37. The molecule has 1 atom stereocenters. The van der Waals surface area contributed by atoms with Crippen molar-refractivity contribution in [3.63, 3.8) is 0 Å². The number of aromatic nitrogens is 7. The van der Waals surface area contributed by atoms with Crippen molar-refractivity contribution in [2.24, 2.45) is 0 Å². The number of nitrogens with one attached hydrogen (secondary N) is 1. The Morgan fingerprint density at radius 3 is 2.73 bits per heavy atom. The number of rotatable bonds is 6. The van der Waals surface area contributed by atoms with Gasteiger partial charge >= 0.3 is 0 Å². The van der Waals surface area contributed by atoms with Crippen LogP contribution in [0.4, 0.5) is 5.69 Å².